The Morgan fingerprint density at radius 1 is 1.05 bits per heavy atom. The van der Waals surface area contributed by atoms with E-state index in [4.69, 9.17) is 4.74 Å². The molecule has 0 fully saturated rings. The van der Waals surface area contributed by atoms with Crippen LogP contribution in [0.25, 0.3) is 0 Å². The standard InChI is InChI=1S/C18H22BrNO/c1-13(2)21-18-10-5-4-9-17(18)14(3)20-12-15-7-6-8-16(19)11-15/h4-11,13-14,20H,12H2,1-3H3. The van der Waals surface area contributed by atoms with Crippen LogP contribution in [0.3, 0.4) is 0 Å². The van der Waals surface area contributed by atoms with Gasteiger partial charge in [0, 0.05) is 22.6 Å². The normalized spacial score (nSPS) is 12.4. The molecule has 21 heavy (non-hydrogen) atoms. The molecule has 2 rings (SSSR count). The fourth-order valence-electron chi connectivity index (χ4n) is 2.23. The molecule has 0 bridgehead atoms. The minimum atomic E-state index is 0.184. The first-order chi connectivity index (χ1) is 10.1. The number of ether oxygens (including phenoxy) is 1. The molecule has 0 aromatic heterocycles. The van der Waals surface area contributed by atoms with E-state index in [1.54, 1.807) is 0 Å². The Kier molecular flexibility index (Phi) is 5.83. The smallest absolute Gasteiger partial charge is 0.124 e. The maximum atomic E-state index is 5.89. The quantitative estimate of drug-likeness (QED) is 0.785. The zero-order valence-electron chi connectivity index (χ0n) is 12.8. The summed E-state index contributed by atoms with van der Waals surface area (Å²) in [5.74, 6) is 0.960. The van der Waals surface area contributed by atoms with Crippen molar-refractivity contribution < 1.29 is 4.74 Å². The topological polar surface area (TPSA) is 21.3 Å². The Morgan fingerprint density at radius 2 is 1.81 bits per heavy atom. The van der Waals surface area contributed by atoms with Gasteiger partial charge in [0.25, 0.3) is 0 Å². The van der Waals surface area contributed by atoms with Crippen LogP contribution in [0.4, 0.5) is 0 Å². The maximum Gasteiger partial charge on any atom is 0.124 e. The molecule has 3 heteroatoms. The van der Waals surface area contributed by atoms with E-state index in [0.717, 1.165) is 16.8 Å². The van der Waals surface area contributed by atoms with E-state index in [2.05, 4.69) is 72.3 Å². The maximum absolute atomic E-state index is 5.89. The molecule has 2 nitrogen and oxygen atoms in total. The third kappa shape index (κ3) is 4.87. The number of para-hydroxylation sites is 1. The first kappa shape index (κ1) is 16.1. The second-order valence-corrected chi connectivity index (χ2v) is 6.35. The number of halogens is 1. The van der Waals surface area contributed by atoms with E-state index in [-0.39, 0.29) is 12.1 Å². The summed E-state index contributed by atoms with van der Waals surface area (Å²) in [7, 11) is 0. The van der Waals surface area contributed by atoms with Crippen molar-refractivity contribution in [3.63, 3.8) is 0 Å². The molecule has 1 N–H and O–H groups in total. The van der Waals surface area contributed by atoms with Gasteiger partial charge < -0.3 is 10.1 Å². The summed E-state index contributed by atoms with van der Waals surface area (Å²) in [6.45, 7) is 7.10. The van der Waals surface area contributed by atoms with Crippen LogP contribution < -0.4 is 10.1 Å². The third-order valence-corrected chi connectivity index (χ3v) is 3.74. The number of rotatable bonds is 6. The summed E-state index contributed by atoms with van der Waals surface area (Å²) in [6, 6.07) is 16.8. The van der Waals surface area contributed by atoms with Crippen LogP contribution in [-0.2, 0) is 6.54 Å². The SMILES string of the molecule is CC(C)Oc1ccccc1C(C)NCc1cccc(Br)c1. The van der Waals surface area contributed by atoms with Crippen molar-refractivity contribution in [3.05, 3.63) is 64.1 Å². The van der Waals surface area contributed by atoms with Gasteiger partial charge in [0.05, 0.1) is 6.10 Å². The van der Waals surface area contributed by atoms with Gasteiger partial charge in [0.2, 0.25) is 0 Å². The van der Waals surface area contributed by atoms with Crippen molar-refractivity contribution in [2.24, 2.45) is 0 Å². The largest absolute Gasteiger partial charge is 0.491 e. The minimum Gasteiger partial charge on any atom is -0.491 e. The van der Waals surface area contributed by atoms with Crippen LogP contribution in [0.5, 0.6) is 5.75 Å². The molecule has 0 aliphatic carbocycles. The molecule has 0 spiro atoms. The zero-order chi connectivity index (χ0) is 15.2. The molecule has 0 aliphatic rings. The molecule has 0 radical (unpaired) electrons. The Morgan fingerprint density at radius 3 is 2.52 bits per heavy atom. The van der Waals surface area contributed by atoms with Crippen LogP contribution in [0.2, 0.25) is 0 Å². The summed E-state index contributed by atoms with van der Waals surface area (Å²) >= 11 is 3.51. The Balaban J connectivity index is 2.04. The first-order valence-corrected chi connectivity index (χ1v) is 8.09. The highest BCUT2D eigenvalue weighted by Gasteiger charge is 2.11. The monoisotopic (exact) mass is 347 g/mol. The van der Waals surface area contributed by atoms with E-state index in [1.807, 2.05) is 18.2 Å². The molecule has 1 atom stereocenters. The van der Waals surface area contributed by atoms with E-state index in [9.17, 15) is 0 Å². The molecule has 2 aromatic carbocycles. The fourth-order valence-corrected chi connectivity index (χ4v) is 2.67. The lowest BCUT2D eigenvalue weighted by molar-refractivity contribution is 0.238. The Hall–Kier alpha value is -1.32. The lowest BCUT2D eigenvalue weighted by Crippen LogP contribution is -2.19. The first-order valence-electron chi connectivity index (χ1n) is 7.29. The molecule has 112 valence electrons. The fraction of sp³-hybridized carbons (Fsp3) is 0.333. The number of nitrogens with one attached hydrogen (secondary N) is 1. The van der Waals surface area contributed by atoms with Gasteiger partial charge in [-0.25, -0.2) is 0 Å². The van der Waals surface area contributed by atoms with Gasteiger partial charge >= 0.3 is 0 Å². The van der Waals surface area contributed by atoms with E-state index >= 15 is 0 Å². The molecule has 0 aliphatic heterocycles. The second kappa shape index (κ2) is 7.62. The Bertz CT molecular complexity index is 583. The van der Waals surface area contributed by atoms with Crippen LogP contribution in [0.15, 0.2) is 53.0 Å². The van der Waals surface area contributed by atoms with E-state index in [0.29, 0.717) is 0 Å². The summed E-state index contributed by atoms with van der Waals surface area (Å²) in [5.41, 5.74) is 2.46. The van der Waals surface area contributed by atoms with Crippen molar-refractivity contribution in [1.82, 2.24) is 5.32 Å². The van der Waals surface area contributed by atoms with Gasteiger partial charge in [-0.05, 0) is 44.5 Å². The van der Waals surface area contributed by atoms with Crippen LogP contribution in [0.1, 0.15) is 37.9 Å². The van der Waals surface area contributed by atoms with Crippen LogP contribution in [0, 0.1) is 0 Å². The average molecular weight is 348 g/mol. The molecular formula is C18H22BrNO. The summed E-state index contributed by atoms with van der Waals surface area (Å²) < 4.78 is 7.00. The predicted molar refractivity (Wildman–Crippen MR) is 91.6 cm³/mol. The molecule has 2 aromatic rings. The highest BCUT2D eigenvalue weighted by molar-refractivity contribution is 9.10. The molecular weight excluding hydrogens is 326 g/mol. The molecule has 0 saturated carbocycles. The van der Waals surface area contributed by atoms with Crippen LogP contribution in [-0.4, -0.2) is 6.10 Å². The van der Waals surface area contributed by atoms with Crippen LogP contribution >= 0.6 is 15.9 Å². The van der Waals surface area contributed by atoms with Crippen molar-refractivity contribution in [3.8, 4) is 5.75 Å². The Labute approximate surface area is 135 Å². The summed E-state index contributed by atoms with van der Waals surface area (Å²) in [5, 5.41) is 3.56. The molecule has 0 saturated heterocycles. The van der Waals surface area contributed by atoms with Crippen molar-refractivity contribution in [2.45, 2.75) is 39.5 Å². The number of benzene rings is 2. The van der Waals surface area contributed by atoms with E-state index < -0.39 is 0 Å². The highest BCUT2D eigenvalue weighted by atomic mass is 79.9. The van der Waals surface area contributed by atoms with Gasteiger partial charge in [-0.15, -0.1) is 0 Å². The highest BCUT2D eigenvalue weighted by Crippen LogP contribution is 2.26. The number of hydrogen-bond donors (Lipinski definition) is 1. The predicted octanol–water partition coefficient (Wildman–Crippen LogP) is 5.09. The molecule has 0 amide bonds. The van der Waals surface area contributed by atoms with Gasteiger partial charge in [-0.1, -0.05) is 46.3 Å². The van der Waals surface area contributed by atoms with Crippen molar-refractivity contribution >= 4 is 15.9 Å². The second-order valence-electron chi connectivity index (χ2n) is 5.44. The van der Waals surface area contributed by atoms with Gasteiger partial charge in [0.15, 0.2) is 0 Å². The van der Waals surface area contributed by atoms with Gasteiger partial charge in [-0.3, -0.25) is 0 Å². The van der Waals surface area contributed by atoms with E-state index in [1.165, 1.54) is 11.1 Å². The summed E-state index contributed by atoms with van der Waals surface area (Å²) in [4.78, 5) is 0. The molecule has 0 heterocycles. The van der Waals surface area contributed by atoms with Crippen molar-refractivity contribution in [1.29, 1.82) is 0 Å². The van der Waals surface area contributed by atoms with Crippen molar-refractivity contribution in [2.75, 3.05) is 0 Å². The summed E-state index contributed by atoms with van der Waals surface area (Å²) in [6.07, 6.45) is 0.184. The average Bonchev–Trinajstić information content (AvgIpc) is 2.45. The minimum absolute atomic E-state index is 0.184. The lowest BCUT2D eigenvalue weighted by Gasteiger charge is -2.20. The molecule has 1 unspecified atom stereocenters. The third-order valence-electron chi connectivity index (χ3n) is 3.25. The van der Waals surface area contributed by atoms with Gasteiger partial charge in [-0.2, -0.15) is 0 Å². The van der Waals surface area contributed by atoms with Gasteiger partial charge in [0.1, 0.15) is 5.75 Å². The lowest BCUT2D eigenvalue weighted by atomic mass is 10.1. The zero-order valence-corrected chi connectivity index (χ0v) is 14.4. The number of hydrogen-bond acceptors (Lipinski definition) is 2.